The Morgan fingerprint density at radius 3 is 2.81 bits per heavy atom. The van der Waals surface area contributed by atoms with Gasteiger partial charge in [-0.1, -0.05) is 0 Å². The van der Waals surface area contributed by atoms with Gasteiger partial charge in [-0.15, -0.1) is 0 Å². The number of fused-ring (bicyclic) bond motifs is 1. The first-order valence-corrected chi connectivity index (χ1v) is 9.43. The van der Waals surface area contributed by atoms with E-state index >= 15 is 0 Å². The Hall–Kier alpha value is -2.41. The molecule has 1 amide bonds. The molecule has 0 bridgehead atoms. The number of carbonyl (C=O) groups is 1. The van der Waals surface area contributed by atoms with E-state index in [9.17, 15) is 4.79 Å². The Bertz CT molecular complexity index is 768. The summed E-state index contributed by atoms with van der Waals surface area (Å²) in [7, 11) is 0. The number of hydrogen-bond donors (Lipinski definition) is 2. The van der Waals surface area contributed by atoms with E-state index in [2.05, 4.69) is 20.2 Å². The quantitative estimate of drug-likeness (QED) is 0.852. The second-order valence-corrected chi connectivity index (χ2v) is 7.05. The molecule has 1 fully saturated rings. The summed E-state index contributed by atoms with van der Waals surface area (Å²) in [5.41, 5.74) is 8.15. The molecule has 2 aromatic rings. The third-order valence-corrected chi connectivity index (χ3v) is 5.32. The van der Waals surface area contributed by atoms with Crippen LogP contribution in [0.2, 0.25) is 0 Å². The molecule has 0 aromatic carbocycles. The van der Waals surface area contributed by atoms with Crippen LogP contribution < -0.4 is 11.1 Å². The third-order valence-electron chi connectivity index (χ3n) is 5.32. The standard InChI is InChI=1S/C19H25N5O2/c20-19-22-14-7-2-1-6-13(14)17(23-19)18(25)21-12-15(16-8-5-11-26-16)24-9-3-4-10-24/h5,8,11,15H,1-4,6-7,9-10,12H2,(H,21,25)(H2,20,22,23). The van der Waals surface area contributed by atoms with Crippen molar-refractivity contribution in [1.82, 2.24) is 20.2 Å². The smallest absolute Gasteiger partial charge is 0.270 e. The molecule has 4 rings (SSSR count). The fraction of sp³-hybridized carbons (Fsp3) is 0.526. The van der Waals surface area contributed by atoms with Crippen molar-refractivity contribution in [3.05, 3.63) is 41.1 Å². The van der Waals surface area contributed by atoms with Gasteiger partial charge in [0, 0.05) is 17.8 Å². The van der Waals surface area contributed by atoms with Crippen molar-refractivity contribution in [1.29, 1.82) is 0 Å². The number of aryl methyl sites for hydroxylation is 1. The van der Waals surface area contributed by atoms with Crippen molar-refractivity contribution >= 4 is 11.9 Å². The molecule has 1 unspecified atom stereocenters. The van der Waals surface area contributed by atoms with Crippen LogP contribution in [0.4, 0.5) is 5.95 Å². The average Bonchev–Trinajstić information content (AvgIpc) is 3.35. The van der Waals surface area contributed by atoms with Crippen LogP contribution in [-0.2, 0) is 12.8 Å². The molecule has 1 atom stereocenters. The maximum absolute atomic E-state index is 12.9. The van der Waals surface area contributed by atoms with Crippen molar-refractivity contribution < 1.29 is 9.21 Å². The number of amides is 1. The minimum absolute atomic E-state index is 0.0476. The highest BCUT2D eigenvalue weighted by molar-refractivity contribution is 5.94. The number of nitrogen functional groups attached to an aromatic ring is 1. The predicted molar refractivity (Wildman–Crippen MR) is 97.7 cm³/mol. The van der Waals surface area contributed by atoms with E-state index in [1.165, 1.54) is 12.8 Å². The van der Waals surface area contributed by atoms with E-state index in [-0.39, 0.29) is 17.9 Å². The summed E-state index contributed by atoms with van der Waals surface area (Å²) < 4.78 is 5.62. The second kappa shape index (κ2) is 7.45. The number of aromatic nitrogens is 2. The third kappa shape index (κ3) is 3.44. The summed E-state index contributed by atoms with van der Waals surface area (Å²) in [5, 5.41) is 3.06. The highest BCUT2D eigenvalue weighted by atomic mass is 16.3. The number of likely N-dealkylation sites (tertiary alicyclic amines) is 1. The molecule has 138 valence electrons. The molecule has 2 aliphatic rings. The summed E-state index contributed by atoms with van der Waals surface area (Å²) in [6.45, 7) is 2.54. The minimum Gasteiger partial charge on any atom is -0.468 e. The number of furan rings is 1. The molecule has 1 saturated heterocycles. The van der Waals surface area contributed by atoms with Crippen molar-refractivity contribution in [2.45, 2.75) is 44.6 Å². The molecule has 0 saturated carbocycles. The highest BCUT2D eigenvalue weighted by Crippen LogP contribution is 2.26. The topological polar surface area (TPSA) is 97.3 Å². The largest absolute Gasteiger partial charge is 0.468 e. The van der Waals surface area contributed by atoms with Crippen molar-refractivity contribution in [3.8, 4) is 0 Å². The van der Waals surface area contributed by atoms with Gasteiger partial charge in [-0.25, -0.2) is 9.97 Å². The Morgan fingerprint density at radius 1 is 1.23 bits per heavy atom. The molecular weight excluding hydrogens is 330 g/mol. The number of nitrogens with one attached hydrogen (secondary N) is 1. The molecule has 0 spiro atoms. The van der Waals surface area contributed by atoms with Crippen LogP contribution in [0.1, 0.15) is 59.2 Å². The van der Waals surface area contributed by atoms with Crippen LogP contribution >= 0.6 is 0 Å². The number of anilines is 1. The van der Waals surface area contributed by atoms with Crippen molar-refractivity contribution in [3.63, 3.8) is 0 Å². The number of nitrogens with zero attached hydrogens (tertiary/aromatic N) is 3. The Labute approximate surface area is 153 Å². The van der Waals surface area contributed by atoms with E-state index < -0.39 is 0 Å². The van der Waals surface area contributed by atoms with Crippen LogP contribution in [0.3, 0.4) is 0 Å². The zero-order chi connectivity index (χ0) is 17.9. The highest BCUT2D eigenvalue weighted by Gasteiger charge is 2.27. The molecule has 2 aromatic heterocycles. The van der Waals surface area contributed by atoms with Gasteiger partial charge in [0.2, 0.25) is 5.95 Å². The lowest BCUT2D eigenvalue weighted by Crippen LogP contribution is -2.37. The predicted octanol–water partition coefficient (Wildman–Crippen LogP) is 2.10. The Balaban J connectivity index is 1.51. The maximum Gasteiger partial charge on any atom is 0.270 e. The minimum atomic E-state index is -0.173. The normalized spacial score (nSPS) is 18.5. The van der Waals surface area contributed by atoms with E-state index in [4.69, 9.17) is 10.2 Å². The second-order valence-electron chi connectivity index (χ2n) is 7.05. The van der Waals surface area contributed by atoms with Crippen LogP contribution in [0.5, 0.6) is 0 Å². The summed E-state index contributed by atoms with van der Waals surface area (Å²) >= 11 is 0. The SMILES string of the molecule is Nc1nc2c(c(C(=O)NCC(c3ccco3)N3CCCC3)n1)CCCC2. The molecular formula is C19H25N5O2. The van der Waals surface area contributed by atoms with E-state index in [0.29, 0.717) is 12.2 Å². The Kier molecular flexibility index (Phi) is 4.88. The molecule has 7 heteroatoms. The fourth-order valence-corrected chi connectivity index (χ4v) is 4.02. The van der Waals surface area contributed by atoms with Gasteiger partial charge in [0.25, 0.3) is 5.91 Å². The first kappa shape index (κ1) is 17.0. The van der Waals surface area contributed by atoms with Gasteiger partial charge in [0.15, 0.2) is 0 Å². The van der Waals surface area contributed by atoms with Gasteiger partial charge in [-0.05, 0) is 63.7 Å². The monoisotopic (exact) mass is 355 g/mol. The lowest BCUT2D eigenvalue weighted by Gasteiger charge is -2.26. The van der Waals surface area contributed by atoms with E-state index in [1.54, 1.807) is 6.26 Å². The lowest BCUT2D eigenvalue weighted by atomic mass is 9.94. The zero-order valence-corrected chi connectivity index (χ0v) is 14.9. The summed E-state index contributed by atoms with van der Waals surface area (Å²) in [4.78, 5) is 23.8. The molecule has 1 aliphatic heterocycles. The number of nitrogens with two attached hydrogens (primary N) is 1. The van der Waals surface area contributed by atoms with Crippen LogP contribution in [-0.4, -0.2) is 40.4 Å². The van der Waals surface area contributed by atoms with Crippen molar-refractivity contribution in [2.24, 2.45) is 0 Å². The fourth-order valence-electron chi connectivity index (χ4n) is 4.02. The molecule has 7 nitrogen and oxygen atoms in total. The summed E-state index contributed by atoms with van der Waals surface area (Å²) in [5.74, 6) is 0.891. The Morgan fingerprint density at radius 2 is 2.04 bits per heavy atom. The van der Waals surface area contributed by atoms with Gasteiger partial charge in [0.1, 0.15) is 11.5 Å². The molecule has 3 N–H and O–H groups in total. The van der Waals surface area contributed by atoms with E-state index in [1.807, 2.05) is 12.1 Å². The van der Waals surface area contributed by atoms with E-state index in [0.717, 1.165) is 55.8 Å². The van der Waals surface area contributed by atoms with Gasteiger partial charge >= 0.3 is 0 Å². The van der Waals surface area contributed by atoms with Gasteiger partial charge in [0.05, 0.1) is 12.3 Å². The first-order chi connectivity index (χ1) is 12.7. The van der Waals surface area contributed by atoms with Crippen molar-refractivity contribution in [2.75, 3.05) is 25.4 Å². The van der Waals surface area contributed by atoms with Gasteiger partial charge < -0.3 is 15.5 Å². The van der Waals surface area contributed by atoms with Crippen LogP contribution in [0, 0.1) is 0 Å². The lowest BCUT2D eigenvalue weighted by molar-refractivity contribution is 0.0927. The first-order valence-electron chi connectivity index (χ1n) is 9.43. The molecule has 0 radical (unpaired) electrons. The van der Waals surface area contributed by atoms with Crippen LogP contribution in [0.25, 0.3) is 0 Å². The zero-order valence-electron chi connectivity index (χ0n) is 14.9. The number of carbonyl (C=O) groups excluding carboxylic acids is 1. The summed E-state index contributed by atoms with van der Waals surface area (Å²) in [6.07, 6.45) is 7.89. The molecule has 3 heterocycles. The van der Waals surface area contributed by atoms with Gasteiger partial charge in [-0.3, -0.25) is 9.69 Å². The summed E-state index contributed by atoms with van der Waals surface area (Å²) in [6, 6.07) is 3.91. The molecule has 26 heavy (non-hydrogen) atoms. The van der Waals surface area contributed by atoms with Gasteiger partial charge in [-0.2, -0.15) is 0 Å². The van der Waals surface area contributed by atoms with Crippen LogP contribution in [0.15, 0.2) is 22.8 Å². The average molecular weight is 355 g/mol. The molecule has 1 aliphatic carbocycles. The number of hydrogen-bond acceptors (Lipinski definition) is 6. The maximum atomic E-state index is 12.9. The number of rotatable bonds is 5.